The lowest BCUT2D eigenvalue weighted by molar-refractivity contribution is -0.137. The Morgan fingerprint density at radius 3 is 2.34 bits per heavy atom. The topological polar surface area (TPSA) is 47.4 Å². The molecule has 4 nitrogen and oxygen atoms in total. The van der Waals surface area contributed by atoms with Crippen molar-refractivity contribution >= 4 is 40.3 Å². The minimum Gasteiger partial charge on any atom is -0.372 e. The number of halogens is 3. The molecule has 2 aromatic carbocycles. The molecule has 8 heteroatoms. The van der Waals surface area contributed by atoms with Gasteiger partial charge in [-0.15, -0.1) is 0 Å². The maximum absolute atomic E-state index is 13.0. The van der Waals surface area contributed by atoms with Crippen molar-refractivity contribution in [3.05, 3.63) is 64.6 Å². The molecule has 0 aromatic heterocycles. The second-order valence-electron chi connectivity index (χ2n) is 6.37. The summed E-state index contributed by atoms with van der Waals surface area (Å²) >= 11 is 0.933. The first-order valence-electron chi connectivity index (χ1n) is 9.09. The molecule has 0 spiro atoms. The number of alkyl halides is 3. The minimum absolute atomic E-state index is 0.0302. The highest BCUT2D eigenvalue weighted by Crippen LogP contribution is 2.37. The van der Waals surface area contributed by atoms with Crippen molar-refractivity contribution in [2.45, 2.75) is 20.0 Å². The third-order valence-corrected chi connectivity index (χ3v) is 5.46. The molecule has 2 aromatic rings. The number of rotatable bonds is 5. The molecule has 1 aliphatic rings. The van der Waals surface area contributed by atoms with Crippen LogP contribution >= 0.6 is 11.8 Å². The zero-order valence-corrected chi connectivity index (χ0v) is 16.8. The third-order valence-electron chi connectivity index (χ3n) is 4.57. The van der Waals surface area contributed by atoms with Crippen LogP contribution in [-0.4, -0.2) is 24.2 Å². The van der Waals surface area contributed by atoms with Gasteiger partial charge in [0.1, 0.15) is 0 Å². The van der Waals surface area contributed by atoms with E-state index in [1.165, 1.54) is 12.1 Å². The summed E-state index contributed by atoms with van der Waals surface area (Å²) in [5, 5.41) is 7.95. The molecule has 1 heterocycles. The van der Waals surface area contributed by atoms with Crippen LogP contribution in [0.1, 0.15) is 25.0 Å². The normalized spacial score (nSPS) is 16.0. The highest BCUT2D eigenvalue weighted by atomic mass is 32.2. The number of amidine groups is 1. The number of hydrogen-bond acceptors (Lipinski definition) is 4. The van der Waals surface area contributed by atoms with E-state index in [1.54, 1.807) is 6.08 Å². The Bertz CT molecular complexity index is 950. The van der Waals surface area contributed by atoms with Gasteiger partial charge in [-0.25, -0.2) is 0 Å². The van der Waals surface area contributed by atoms with Crippen molar-refractivity contribution in [2.75, 3.05) is 22.9 Å². The summed E-state index contributed by atoms with van der Waals surface area (Å²) in [4.78, 5) is 16.2. The van der Waals surface area contributed by atoms with Crippen LogP contribution in [0.4, 0.5) is 24.5 Å². The van der Waals surface area contributed by atoms with Gasteiger partial charge in [-0.05, 0) is 67.6 Å². The van der Waals surface area contributed by atoms with E-state index in [-0.39, 0.29) is 10.9 Å². The second-order valence-corrected chi connectivity index (χ2v) is 7.40. The van der Waals surface area contributed by atoms with E-state index < -0.39 is 17.6 Å². The predicted molar refractivity (Wildman–Crippen MR) is 112 cm³/mol. The lowest BCUT2D eigenvalue weighted by Gasteiger charge is -2.20. The lowest BCUT2D eigenvalue weighted by atomic mass is 10.1. The minimum atomic E-state index is -4.51. The average molecular weight is 419 g/mol. The van der Waals surface area contributed by atoms with Crippen molar-refractivity contribution in [1.82, 2.24) is 0 Å². The average Bonchev–Trinajstić information content (AvgIpc) is 2.96. The maximum atomic E-state index is 13.0. The molecule has 0 saturated carbocycles. The first-order chi connectivity index (χ1) is 13.7. The number of nitrogens with one attached hydrogen (secondary N) is 1. The van der Waals surface area contributed by atoms with Gasteiger partial charge in [-0.3, -0.25) is 15.1 Å². The van der Waals surface area contributed by atoms with E-state index in [2.05, 4.69) is 18.7 Å². The Morgan fingerprint density at radius 1 is 1.10 bits per heavy atom. The van der Waals surface area contributed by atoms with Gasteiger partial charge in [-0.2, -0.15) is 13.2 Å². The molecular formula is C21H20F3N3OS. The summed E-state index contributed by atoms with van der Waals surface area (Å²) in [5.74, 6) is -0.507. The highest BCUT2D eigenvalue weighted by Gasteiger charge is 2.36. The number of benzene rings is 2. The smallest absolute Gasteiger partial charge is 0.372 e. The summed E-state index contributed by atoms with van der Waals surface area (Å²) in [5.41, 5.74) is 1.03. The Balaban J connectivity index is 1.85. The number of carbonyl (C=O) groups excluding carboxylic acids is 1. The summed E-state index contributed by atoms with van der Waals surface area (Å²) in [6.45, 7) is 5.91. The van der Waals surface area contributed by atoms with E-state index in [4.69, 9.17) is 5.41 Å². The maximum Gasteiger partial charge on any atom is 0.416 e. The molecule has 3 rings (SSSR count). The third kappa shape index (κ3) is 4.48. The zero-order chi connectivity index (χ0) is 21.2. The molecule has 0 atom stereocenters. The Kier molecular flexibility index (Phi) is 6.02. The van der Waals surface area contributed by atoms with E-state index in [0.29, 0.717) is 4.91 Å². The fourth-order valence-electron chi connectivity index (χ4n) is 3.06. The van der Waals surface area contributed by atoms with Crippen LogP contribution in [0.3, 0.4) is 0 Å². The molecule has 152 valence electrons. The van der Waals surface area contributed by atoms with Crippen molar-refractivity contribution in [2.24, 2.45) is 0 Å². The summed E-state index contributed by atoms with van der Waals surface area (Å²) in [6, 6.07) is 12.1. The van der Waals surface area contributed by atoms with E-state index in [1.807, 2.05) is 24.3 Å². The number of anilines is 2. The van der Waals surface area contributed by atoms with Gasteiger partial charge in [0, 0.05) is 18.8 Å². The summed E-state index contributed by atoms with van der Waals surface area (Å²) in [6.07, 6.45) is -2.86. The van der Waals surface area contributed by atoms with Gasteiger partial charge in [0.2, 0.25) is 0 Å². The number of carbonyl (C=O) groups is 1. The quantitative estimate of drug-likeness (QED) is 0.641. The molecular weight excluding hydrogens is 399 g/mol. The van der Waals surface area contributed by atoms with Gasteiger partial charge in [0.15, 0.2) is 5.17 Å². The van der Waals surface area contributed by atoms with E-state index in [9.17, 15) is 18.0 Å². The first-order valence-corrected chi connectivity index (χ1v) is 9.91. The van der Waals surface area contributed by atoms with E-state index in [0.717, 1.165) is 53.1 Å². The molecule has 0 radical (unpaired) electrons. The Morgan fingerprint density at radius 2 is 1.76 bits per heavy atom. The Labute approximate surface area is 171 Å². The molecule has 1 N–H and O–H groups in total. The molecule has 1 aliphatic heterocycles. The van der Waals surface area contributed by atoms with Gasteiger partial charge in [0.05, 0.1) is 16.2 Å². The molecule has 0 bridgehead atoms. The van der Waals surface area contributed by atoms with Gasteiger partial charge < -0.3 is 4.90 Å². The van der Waals surface area contributed by atoms with Crippen LogP contribution in [-0.2, 0) is 11.0 Å². The van der Waals surface area contributed by atoms with E-state index >= 15 is 0 Å². The van der Waals surface area contributed by atoms with Crippen LogP contribution in [0.2, 0.25) is 0 Å². The molecule has 0 unspecified atom stereocenters. The highest BCUT2D eigenvalue weighted by molar-refractivity contribution is 8.19. The first kappa shape index (κ1) is 21.0. The van der Waals surface area contributed by atoms with Crippen LogP contribution in [0.15, 0.2) is 53.4 Å². The van der Waals surface area contributed by atoms with Crippen LogP contribution < -0.4 is 9.80 Å². The standard InChI is InChI=1S/C21H20F3N3OS/c1-3-26(4-2)16-10-8-14(9-11-16)12-18-19(28)27(20(25)29-18)17-7-5-6-15(13-17)21(22,23)24/h5-13,25H,3-4H2,1-2H3. The molecule has 1 saturated heterocycles. The number of thioether (sulfide) groups is 1. The molecule has 1 fully saturated rings. The summed E-state index contributed by atoms with van der Waals surface area (Å²) < 4.78 is 38.9. The van der Waals surface area contributed by atoms with Gasteiger partial charge in [-0.1, -0.05) is 18.2 Å². The molecule has 0 aliphatic carbocycles. The van der Waals surface area contributed by atoms with Gasteiger partial charge >= 0.3 is 6.18 Å². The predicted octanol–water partition coefficient (Wildman–Crippen LogP) is 5.61. The zero-order valence-electron chi connectivity index (χ0n) is 16.0. The van der Waals surface area contributed by atoms with Crippen molar-refractivity contribution in [1.29, 1.82) is 5.41 Å². The largest absolute Gasteiger partial charge is 0.416 e. The van der Waals surface area contributed by atoms with Crippen molar-refractivity contribution < 1.29 is 18.0 Å². The SMILES string of the molecule is CCN(CC)c1ccc(C=C2SC(=N)N(c3cccc(C(F)(F)F)c3)C2=O)cc1. The lowest BCUT2D eigenvalue weighted by Crippen LogP contribution is -2.28. The number of nitrogens with zero attached hydrogens (tertiary/aromatic N) is 2. The Hall–Kier alpha value is -2.74. The monoisotopic (exact) mass is 419 g/mol. The van der Waals surface area contributed by atoms with Crippen molar-refractivity contribution in [3.63, 3.8) is 0 Å². The molecule has 1 amide bonds. The van der Waals surface area contributed by atoms with Crippen molar-refractivity contribution in [3.8, 4) is 0 Å². The summed E-state index contributed by atoms with van der Waals surface area (Å²) in [7, 11) is 0. The number of hydrogen-bond donors (Lipinski definition) is 1. The van der Waals surface area contributed by atoms with Crippen LogP contribution in [0, 0.1) is 5.41 Å². The van der Waals surface area contributed by atoms with Crippen LogP contribution in [0.5, 0.6) is 0 Å². The second kappa shape index (κ2) is 8.32. The molecule has 29 heavy (non-hydrogen) atoms. The fourth-order valence-corrected chi connectivity index (χ4v) is 3.93. The van der Waals surface area contributed by atoms with Crippen LogP contribution in [0.25, 0.3) is 6.08 Å². The van der Waals surface area contributed by atoms with Gasteiger partial charge in [0.25, 0.3) is 5.91 Å². The number of amides is 1. The fraction of sp³-hybridized carbons (Fsp3) is 0.238.